The van der Waals surface area contributed by atoms with Gasteiger partial charge in [-0.15, -0.1) is 0 Å². The molecule has 0 atom stereocenters. The van der Waals surface area contributed by atoms with E-state index in [4.69, 9.17) is 4.74 Å². The Hall–Kier alpha value is -2.37. The van der Waals surface area contributed by atoms with Crippen LogP contribution in [0.2, 0.25) is 0 Å². The summed E-state index contributed by atoms with van der Waals surface area (Å²) >= 11 is 0. The van der Waals surface area contributed by atoms with Gasteiger partial charge in [0.1, 0.15) is 5.75 Å². The van der Waals surface area contributed by atoms with Crippen LogP contribution in [0.3, 0.4) is 0 Å². The molecular weight excluding hydrogens is 271 g/mol. The largest absolute Gasteiger partial charge is 0.422 e. The van der Waals surface area contributed by atoms with Crippen LogP contribution in [0.15, 0.2) is 42.6 Å². The van der Waals surface area contributed by atoms with E-state index in [-0.39, 0.29) is 5.75 Å². The van der Waals surface area contributed by atoms with Gasteiger partial charge in [0.15, 0.2) is 5.69 Å². The summed E-state index contributed by atoms with van der Waals surface area (Å²) in [7, 11) is 0. The van der Waals surface area contributed by atoms with E-state index < -0.39 is 23.4 Å². The summed E-state index contributed by atoms with van der Waals surface area (Å²) in [4.78, 5) is 15.2. The lowest BCUT2D eigenvalue weighted by atomic mass is 10.2. The smallest absolute Gasteiger partial charge is 0.418 e. The second kappa shape index (κ2) is 5.32. The SMILES string of the molecule is Cc1ccc(OC(=O)c2ncccc2C(F)(F)F)cc1. The number of nitrogens with zero attached hydrogens (tertiary/aromatic N) is 1. The Morgan fingerprint density at radius 2 is 1.80 bits per heavy atom. The third-order valence-corrected chi connectivity index (χ3v) is 2.54. The molecular formula is C14H10F3NO2. The minimum atomic E-state index is -4.66. The summed E-state index contributed by atoms with van der Waals surface area (Å²) in [5, 5.41) is 0. The Morgan fingerprint density at radius 1 is 1.15 bits per heavy atom. The van der Waals surface area contributed by atoms with Crippen LogP contribution in [0, 0.1) is 6.92 Å². The zero-order chi connectivity index (χ0) is 14.8. The van der Waals surface area contributed by atoms with Crippen molar-refractivity contribution < 1.29 is 22.7 Å². The Balaban J connectivity index is 2.28. The summed E-state index contributed by atoms with van der Waals surface area (Å²) in [6.45, 7) is 1.84. The Bertz CT molecular complexity index is 621. The van der Waals surface area contributed by atoms with Gasteiger partial charge < -0.3 is 4.74 Å². The number of carbonyl (C=O) groups excluding carboxylic acids is 1. The molecule has 20 heavy (non-hydrogen) atoms. The number of halogens is 3. The van der Waals surface area contributed by atoms with Gasteiger partial charge in [0.05, 0.1) is 5.56 Å². The van der Waals surface area contributed by atoms with Crippen LogP contribution in [-0.2, 0) is 6.18 Å². The second-order valence-corrected chi connectivity index (χ2v) is 4.10. The summed E-state index contributed by atoms with van der Waals surface area (Å²) in [6.07, 6.45) is -3.54. The van der Waals surface area contributed by atoms with Gasteiger partial charge in [-0.2, -0.15) is 13.2 Å². The molecule has 1 aromatic carbocycles. The van der Waals surface area contributed by atoms with Gasteiger partial charge in [-0.05, 0) is 31.2 Å². The normalized spacial score (nSPS) is 11.2. The average molecular weight is 281 g/mol. The Morgan fingerprint density at radius 3 is 2.40 bits per heavy atom. The fraction of sp³-hybridized carbons (Fsp3) is 0.143. The van der Waals surface area contributed by atoms with Gasteiger partial charge >= 0.3 is 12.1 Å². The maximum Gasteiger partial charge on any atom is 0.418 e. The van der Waals surface area contributed by atoms with Gasteiger partial charge in [0, 0.05) is 6.20 Å². The van der Waals surface area contributed by atoms with Crippen LogP contribution in [0.25, 0.3) is 0 Å². The maximum absolute atomic E-state index is 12.8. The van der Waals surface area contributed by atoms with E-state index in [1.807, 2.05) is 6.92 Å². The summed E-state index contributed by atoms with van der Waals surface area (Å²) in [5.74, 6) is -0.971. The number of aryl methyl sites for hydroxylation is 1. The molecule has 0 saturated heterocycles. The second-order valence-electron chi connectivity index (χ2n) is 4.10. The third-order valence-electron chi connectivity index (χ3n) is 2.54. The highest BCUT2D eigenvalue weighted by Crippen LogP contribution is 2.31. The van der Waals surface area contributed by atoms with Crippen molar-refractivity contribution in [1.29, 1.82) is 0 Å². The minimum absolute atomic E-state index is 0.166. The van der Waals surface area contributed by atoms with Crippen molar-refractivity contribution in [2.75, 3.05) is 0 Å². The first-order valence-electron chi connectivity index (χ1n) is 5.69. The predicted molar refractivity (Wildman–Crippen MR) is 65.4 cm³/mol. The fourth-order valence-electron chi connectivity index (χ4n) is 1.56. The first-order chi connectivity index (χ1) is 9.38. The number of carbonyl (C=O) groups is 1. The first kappa shape index (κ1) is 14.0. The molecule has 0 spiro atoms. The first-order valence-corrected chi connectivity index (χ1v) is 5.69. The molecule has 0 bridgehead atoms. The number of hydrogen-bond acceptors (Lipinski definition) is 3. The number of rotatable bonds is 2. The van der Waals surface area contributed by atoms with Crippen LogP contribution in [0.5, 0.6) is 5.75 Å². The van der Waals surface area contributed by atoms with Crippen molar-refractivity contribution in [3.63, 3.8) is 0 Å². The molecule has 0 radical (unpaired) electrons. The molecule has 0 fully saturated rings. The Kier molecular flexibility index (Phi) is 3.74. The fourth-order valence-corrected chi connectivity index (χ4v) is 1.56. The van der Waals surface area contributed by atoms with Crippen molar-refractivity contribution in [1.82, 2.24) is 4.98 Å². The average Bonchev–Trinajstić information content (AvgIpc) is 2.40. The third kappa shape index (κ3) is 3.14. The van der Waals surface area contributed by atoms with Gasteiger partial charge in [0.25, 0.3) is 0 Å². The number of hydrogen-bond donors (Lipinski definition) is 0. The van der Waals surface area contributed by atoms with E-state index in [2.05, 4.69) is 4.98 Å². The van der Waals surface area contributed by atoms with Crippen molar-refractivity contribution in [3.8, 4) is 5.75 Å². The zero-order valence-electron chi connectivity index (χ0n) is 10.4. The molecule has 0 aliphatic rings. The number of aromatic nitrogens is 1. The zero-order valence-corrected chi connectivity index (χ0v) is 10.4. The van der Waals surface area contributed by atoms with E-state index >= 15 is 0 Å². The molecule has 6 heteroatoms. The van der Waals surface area contributed by atoms with Crippen molar-refractivity contribution in [2.24, 2.45) is 0 Å². The number of alkyl halides is 3. The molecule has 0 saturated carbocycles. The molecule has 0 aliphatic carbocycles. The summed E-state index contributed by atoms with van der Waals surface area (Å²) < 4.78 is 43.1. The lowest BCUT2D eigenvalue weighted by molar-refractivity contribution is -0.138. The van der Waals surface area contributed by atoms with E-state index in [0.29, 0.717) is 0 Å². The highest BCUT2D eigenvalue weighted by atomic mass is 19.4. The van der Waals surface area contributed by atoms with Crippen molar-refractivity contribution in [2.45, 2.75) is 13.1 Å². The molecule has 1 aromatic heterocycles. The van der Waals surface area contributed by atoms with Crippen LogP contribution in [0.4, 0.5) is 13.2 Å². The lowest BCUT2D eigenvalue weighted by Crippen LogP contribution is -2.18. The van der Waals surface area contributed by atoms with Crippen LogP contribution < -0.4 is 4.74 Å². The van der Waals surface area contributed by atoms with Crippen LogP contribution in [-0.4, -0.2) is 11.0 Å². The van der Waals surface area contributed by atoms with E-state index in [1.165, 1.54) is 12.1 Å². The Labute approximate surface area is 113 Å². The van der Waals surface area contributed by atoms with Gasteiger partial charge in [-0.25, -0.2) is 9.78 Å². The molecule has 2 aromatic rings. The number of ether oxygens (including phenoxy) is 1. The van der Waals surface area contributed by atoms with Crippen molar-refractivity contribution >= 4 is 5.97 Å². The van der Waals surface area contributed by atoms with E-state index in [0.717, 1.165) is 23.9 Å². The quantitative estimate of drug-likeness (QED) is 0.623. The molecule has 0 N–H and O–H groups in total. The van der Waals surface area contributed by atoms with Crippen LogP contribution >= 0.6 is 0 Å². The maximum atomic E-state index is 12.8. The molecule has 3 nitrogen and oxygen atoms in total. The molecule has 104 valence electrons. The van der Waals surface area contributed by atoms with Gasteiger partial charge in [-0.1, -0.05) is 17.7 Å². The van der Waals surface area contributed by atoms with Gasteiger partial charge in [0.2, 0.25) is 0 Å². The molecule has 0 aliphatic heterocycles. The molecule has 0 amide bonds. The monoisotopic (exact) mass is 281 g/mol. The van der Waals surface area contributed by atoms with E-state index in [1.54, 1.807) is 12.1 Å². The highest BCUT2D eigenvalue weighted by molar-refractivity contribution is 5.90. The number of benzene rings is 1. The molecule has 2 rings (SSSR count). The highest BCUT2D eigenvalue weighted by Gasteiger charge is 2.36. The predicted octanol–water partition coefficient (Wildman–Crippen LogP) is 3.63. The van der Waals surface area contributed by atoms with Crippen molar-refractivity contribution in [3.05, 3.63) is 59.4 Å². The van der Waals surface area contributed by atoms with E-state index in [9.17, 15) is 18.0 Å². The van der Waals surface area contributed by atoms with Gasteiger partial charge in [-0.3, -0.25) is 0 Å². The summed E-state index contributed by atoms with van der Waals surface area (Å²) in [6, 6.07) is 8.29. The topological polar surface area (TPSA) is 39.2 Å². The van der Waals surface area contributed by atoms with Crippen LogP contribution in [0.1, 0.15) is 21.6 Å². The molecule has 0 unspecified atom stereocenters. The number of esters is 1. The summed E-state index contributed by atoms with van der Waals surface area (Å²) in [5.41, 5.74) is -0.920. The minimum Gasteiger partial charge on any atom is -0.422 e. The molecule has 1 heterocycles. The lowest BCUT2D eigenvalue weighted by Gasteiger charge is -2.11. The number of pyridine rings is 1. The standard InChI is InChI=1S/C14H10F3NO2/c1-9-4-6-10(7-5-9)20-13(19)12-11(14(15,16)17)3-2-8-18-12/h2-8H,1H3.